The first-order valence-corrected chi connectivity index (χ1v) is 7.21. The number of nitrogens with zero attached hydrogens (tertiary/aromatic N) is 1. The fraction of sp³-hybridized carbons (Fsp3) is 0.533. The Balaban J connectivity index is 3.06. The monoisotopic (exact) mass is 293 g/mol. The van der Waals surface area contributed by atoms with Crippen LogP contribution in [-0.2, 0) is 0 Å². The summed E-state index contributed by atoms with van der Waals surface area (Å²) in [7, 11) is 1.60. The zero-order chi connectivity index (χ0) is 16.0. The van der Waals surface area contributed by atoms with Crippen LogP contribution < -0.4 is 10.6 Å². The second-order valence-electron chi connectivity index (χ2n) is 5.03. The van der Waals surface area contributed by atoms with Gasteiger partial charge in [0.05, 0.1) is 4.92 Å². The van der Waals surface area contributed by atoms with Crippen LogP contribution in [0.25, 0.3) is 0 Å². The van der Waals surface area contributed by atoms with E-state index in [0.717, 1.165) is 19.3 Å². The van der Waals surface area contributed by atoms with Gasteiger partial charge >= 0.3 is 0 Å². The lowest BCUT2D eigenvalue weighted by Gasteiger charge is -2.31. The number of carbonyl (C=O) groups excluding carboxylic acids is 1. The summed E-state index contributed by atoms with van der Waals surface area (Å²) in [4.78, 5) is 22.8. The number of rotatable bonds is 7. The molecule has 6 nitrogen and oxygen atoms in total. The second-order valence-corrected chi connectivity index (χ2v) is 5.03. The molecule has 2 N–H and O–H groups in total. The summed E-state index contributed by atoms with van der Waals surface area (Å²) < 4.78 is 0. The van der Waals surface area contributed by atoms with Crippen LogP contribution in [0.2, 0.25) is 0 Å². The second kappa shape index (κ2) is 7.06. The molecular weight excluding hydrogens is 270 g/mol. The Morgan fingerprint density at radius 2 is 1.81 bits per heavy atom. The van der Waals surface area contributed by atoms with Gasteiger partial charge in [-0.25, -0.2) is 0 Å². The van der Waals surface area contributed by atoms with Gasteiger partial charge in [0.1, 0.15) is 5.69 Å². The van der Waals surface area contributed by atoms with Crippen LogP contribution in [-0.4, -0.2) is 23.4 Å². The molecule has 116 valence electrons. The summed E-state index contributed by atoms with van der Waals surface area (Å²) >= 11 is 0. The minimum absolute atomic E-state index is 0.0400. The zero-order valence-corrected chi connectivity index (χ0v) is 13.0. The van der Waals surface area contributed by atoms with E-state index in [1.54, 1.807) is 7.05 Å². The number of amides is 1. The van der Waals surface area contributed by atoms with Crippen LogP contribution in [0.15, 0.2) is 18.2 Å². The topological polar surface area (TPSA) is 84.3 Å². The maximum Gasteiger partial charge on any atom is 0.292 e. The molecule has 0 aliphatic carbocycles. The van der Waals surface area contributed by atoms with Gasteiger partial charge in [-0.3, -0.25) is 14.9 Å². The van der Waals surface area contributed by atoms with Crippen LogP contribution in [0.1, 0.15) is 50.4 Å². The van der Waals surface area contributed by atoms with E-state index in [4.69, 9.17) is 0 Å². The molecule has 1 aromatic rings. The highest BCUT2D eigenvalue weighted by atomic mass is 16.6. The van der Waals surface area contributed by atoms with Crippen LogP contribution in [0.5, 0.6) is 0 Å². The number of nitro groups is 1. The number of benzene rings is 1. The minimum atomic E-state index is -0.470. The summed E-state index contributed by atoms with van der Waals surface area (Å²) in [6.45, 7) is 6.13. The molecule has 0 aliphatic heterocycles. The van der Waals surface area contributed by atoms with E-state index < -0.39 is 4.92 Å². The summed E-state index contributed by atoms with van der Waals surface area (Å²) in [6.07, 6.45) is 2.53. The van der Waals surface area contributed by atoms with Gasteiger partial charge in [-0.15, -0.1) is 0 Å². The SMILES string of the molecule is CCC(CC)(CC)NC(=O)c1ccc([N+](=O)[O-])c(NC)c1. The van der Waals surface area contributed by atoms with E-state index in [2.05, 4.69) is 10.6 Å². The van der Waals surface area contributed by atoms with Crippen molar-refractivity contribution in [3.05, 3.63) is 33.9 Å². The summed E-state index contributed by atoms with van der Waals surface area (Å²) in [5.74, 6) is -0.202. The van der Waals surface area contributed by atoms with Gasteiger partial charge in [-0.05, 0) is 31.4 Å². The molecule has 0 bridgehead atoms. The molecule has 0 aliphatic rings. The van der Waals surface area contributed by atoms with E-state index in [0.29, 0.717) is 11.3 Å². The van der Waals surface area contributed by atoms with Gasteiger partial charge in [0.2, 0.25) is 0 Å². The van der Waals surface area contributed by atoms with Crippen molar-refractivity contribution in [1.82, 2.24) is 5.32 Å². The molecule has 0 aromatic heterocycles. The number of carbonyl (C=O) groups is 1. The third-order valence-electron chi connectivity index (χ3n) is 4.13. The van der Waals surface area contributed by atoms with Crippen LogP contribution >= 0.6 is 0 Å². The molecule has 0 heterocycles. The first kappa shape index (κ1) is 16.9. The van der Waals surface area contributed by atoms with E-state index in [9.17, 15) is 14.9 Å². The Morgan fingerprint density at radius 1 is 1.24 bits per heavy atom. The van der Waals surface area contributed by atoms with Crippen molar-refractivity contribution in [3.8, 4) is 0 Å². The Morgan fingerprint density at radius 3 is 2.24 bits per heavy atom. The molecule has 1 aromatic carbocycles. The normalized spacial score (nSPS) is 11.0. The van der Waals surface area contributed by atoms with Crippen LogP contribution in [0.3, 0.4) is 0 Å². The predicted molar refractivity (Wildman–Crippen MR) is 83.7 cm³/mol. The van der Waals surface area contributed by atoms with E-state index in [-0.39, 0.29) is 17.1 Å². The van der Waals surface area contributed by atoms with Crippen molar-refractivity contribution in [1.29, 1.82) is 0 Å². The average Bonchev–Trinajstić information content (AvgIpc) is 2.51. The first-order valence-electron chi connectivity index (χ1n) is 7.21. The number of hydrogen-bond acceptors (Lipinski definition) is 4. The van der Waals surface area contributed by atoms with Crippen molar-refractivity contribution in [3.63, 3.8) is 0 Å². The zero-order valence-electron chi connectivity index (χ0n) is 13.0. The largest absolute Gasteiger partial charge is 0.383 e. The molecule has 1 rings (SSSR count). The summed E-state index contributed by atoms with van der Waals surface area (Å²) in [5, 5.41) is 16.7. The number of anilines is 1. The standard InChI is InChI=1S/C15H23N3O3/c1-5-15(6-2,7-3)17-14(19)11-8-9-13(18(20)21)12(10-11)16-4/h8-10,16H,5-7H2,1-4H3,(H,17,19). The fourth-order valence-electron chi connectivity index (χ4n) is 2.36. The number of nitro benzene ring substituents is 1. The molecule has 0 saturated heterocycles. The molecule has 0 radical (unpaired) electrons. The molecule has 0 unspecified atom stereocenters. The third kappa shape index (κ3) is 3.71. The molecule has 0 atom stereocenters. The van der Waals surface area contributed by atoms with Crippen molar-refractivity contribution in [2.24, 2.45) is 0 Å². The fourth-order valence-corrected chi connectivity index (χ4v) is 2.36. The lowest BCUT2D eigenvalue weighted by molar-refractivity contribution is -0.383. The smallest absolute Gasteiger partial charge is 0.292 e. The molecule has 0 saturated carbocycles. The number of nitrogens with one attached hydrogen (secondary N) is 2. The molecule has 0 fully saturated rings. The van der Waals surface area contributed by atoms with Gasteiger partial charge in [-0.1, -0.05) is 20.8 Å². The van der Waals surface area contributed by atoms with E-state index >= 15 is 0 Å². The van der Waals surface area contributed by atoms with Crippen molar-refractivity contribution >= 4 is 17.3 Å². The highest BCUT2D eigenvalue weighted by molar-refractivity contribution is 5.96. The Labute approximate surface area is 125 Å². The van der Waals surface area contributed by atoms with Gasteiger partial charge < -0.3 is 10.6 Å². The average molecular weight is 293 g/mol. The Bertz CT molecular complexity index is 517. The minimum Gasteiger partial charge on any atom is -0.383 e. The number of hydrogen-bond donors (Lipinski definition) is 2. The van der Waals surface area contributed by atoms with Gasteiger partial charge in [0, 0.05) is 24.2 Å². The van der Waals surface area contributed by atoms with Gasteiger partial charge in [-0.2, -0.15) is 0 Å². The van der Waals surface area contributed by atoms with E-state index in [1.165, 1.54) is 18.2 Å². The quantitative estimate of drug-likeness (QED) is 0.596. The molecule has 0 spiro atoms. The van der Waals surface area contributed by atoms with E-state index in [1.807, 2.05) is 20.8 Å². The maximum absolute atomic E-state index is 12.4. The highest BCUT2D eigenvalue weighted by Gasteiger charge is 2.27. The Hall–Kier alpha value is -2.11. The van der Waals surface area contributed by atoms with Crippen molar-refractivity contribution < 1.29 is 9.72 Å². The highest BCUT2D eigenvalue weighted by Crippen LogP contribution is 2.26. The van der Waals surface area contributed by atoms with Gasteiger partial charge in [0.15, 0.2) is 0 Å². The van der Waals surface area contributed by atoms with Crippen molar-refractivity contribution in [2.75, 3.05) is 12.4 Å². The maximum atomic E-state index is 12.4. The van der Waals surface area contributed by atoms with Crippen molar-refractivity contribution in [2.45, 2.75) is 45.6 Å². The lowest BCUT2D eigenvalue weighted by Crippen LogP contribution is -2.47. The first-order chi connectivity index (χ1) is 9.92. The molecule has 1 amide bonds. The summed E-state index contributed by atoms with van der Waals surface area (Å²) in [5.41, 5.74) is 0.493. The predicted octanol–water partition coefficient (Wildman–Crippen LogP) is 3.34. The lowest BCUT2D eigenvalue weighted by atomic mass is 9.89. The van der Waals surface area contributed by atoms with Crippen LogP contribution in [0.4, 0.5) is 11.4 Å². The van der Waals surface area contributed by atoms with Gasteiger partial charge in [0.25, 0.3) is 11.6 Å². The Kier molecular flexibility index (Phi) is 5.69. The molecule has 21 heavy (non-hydrogen) atoms. The molecular formula is C15H23N3O3. The third-order valence-corrected chi connectivity index (χ3v) is 4.13. The van der Waals surface area contributed by atoms with Crippen LogP contribution in [0, 0.1) is 10.1 Å². The summed E-state index contributed by atoms with van der Waals surface area (Å²) in [6, 6.07) is 4.35. The molecule has 6 heteroatoms.